The van der Waals surface area contributed by atoms with Crippen LogP contribution in [0.3, 0.4) is 0 Å². The normalized spacial score (nSPS) is 10.3. The predicted molar refractivity (Wildman–Crippen MR) is 89.7 cm³/mol. The van der Waals surface area contributed by atoms with Crippen LogP contribution in [0, 0.1) is 0 Å². The first kappa shape index (κ1) is 16.1. The predicted octanol–water partition coefficient (Wildman–Crippen LogP) is 2.60. The van der Waals surface area contributed by atoms with Gasteiger partial charge < -0.3 is 14.8 Å². The summed E-state index contributed by atoms with van der Waals surface area (Å²) >= 11 is 6.16. The zero-order valence-corrected chi connectivity index (χ0v) is 13.3. The molecule has 0 bridgehead atoms. The summed E-state index contributed by atoms with van der Waals surface area (Å²) < 4.78 is 1.50. The minimum atomic E-state index is -0.163. The molecule has 1 aromatic carbocycles. The van der Waals surface area contributed by atoms with E-state index in [9.17, 15) is 9.59 Å². The molecule has 0 saturated heterocycles. The van der Waals surface area contributed by atoms with Crippen LogP contribution in [0.2, 0.25) is 5.02 Å². The maximum Gasteiger partial charge on any atom is 0.250 e. The molecule has 0 unspecified atom stereocenters. The zero-order valence-electron chi connectivity index (χ0n) is 12.5. The van der Waals surface area contributed by atoms with Gasteiger partial charge in [0.05, 0.1) is 10.7 Å². The molecule has 0 aliphatic rings. The highest BCUT2D eigenvalue weighted by Crippen LogP contribution is 2.27. The molecule has 0 atom stereocenters. The standard InChI is InChI=1S/C16H18ClN3O2/c1-19(2)14-7-6-12(11-13(14)17)18-15(21)8-10-20-9-4-3-5-16(20)22/h3-7,9,11H,8,10H2,1-2H3,(H,18,21). The van der Waals surface area contributed by atoms with Crippen LogP contribution in [0.5, 0.6) is 0 Å². The van der Waals surface area contributed by atoms with Gasteiger partial charge >= 0.3 is 0 Å². The van der Waals surface area contributed by atoms with E-state index in [0.29, 0.717) is 17.3 Å². The number of amides is 1. The van der Waals surface area contributed by atoms with Crippen molar-refractivity contribution in [2.24, 2.45) is 0 Å². The summed E-state index contributed by atoms with van der Waals surface area (Å²) in [5.74, 6) is -0.163. The minimum absolute atomic E-state index is 0.117. The molecule has 2 aromatic rings. The maximum absolute atomic E-state index is 11.9. The Labute approximate surface area is 134 Å². The number of pyridine rings is 1. The number of halogens is 1. The van der Waals surface area contributed by atoms with Gasteiger partial charge in [-0.15, -0.1) is 0 Å². The second kappa shape index (κ2) is 7.13. The van der Waals surface area contributed by atoms with E-state index in [1.54, 1.807) is 30.5 Å². The number of carbonyl (C=O) groups is 1. The Morgan fingerprint density at radius 1 is 1.27 bits per heavy atom. The number of aryl methyl sites for hydroxylation is 1. The lowest BCUT2D eigenvalue weighted by Gasteiger charge is -2.15. The number of aromatic nitrogens is 1. The smallest absolute Gasteiger partial charge is 0.250 e. The summed E-state index contributed by atoms with van der Waals surface area (Å²) in [6, 6.07) is 10.3. The van der Waals surface area contributed by atoms with Crippen LogP contribution < -0.4 is 15.8 Å². The summed E-state index contributed by atoms with van der Waals surface area (Å²) in [7, 11) is 3.80. The Hall–Kier alpha value is -2.27. The zero-order chi connectivity index (χ0) is 16.1. The number of rotatable bonds is 5. The van der Waals surface area contributed by atoms with E-state index in [4.69, 9.17) is 11.6 Å². The first-order valence-corrected chi connectivity index (χ1v) is 7.27. The van der Waals surface area contributed by atoms with E-state index < -0.39 is 0 Å². The molecule has 1 N–H and O–H groups in total. The van der Waals surface area contributed by atoms with E-state index >= 15 is 0 Å². The summed E-state index contributed by atoms with van der Waals surface area (Å²) in [6.07, 6.45) is 1.88. The van der Waals surface area contributed by atoms with Gasteiger partial charge in [0.25, 0.3) is 5.56 Å². The van der Waals surface area contributed by atoms with Crippen LogP contribution in [0.4, 0.5) is 11.4 Å². The molecule has 1 heterocycles. The van der Waals surface area contributed by atoms with Crippen molar-refractivity contribution in [3.63, 3.8) is 0 Å². The van der Waals surface area contributed by atoms with E-state index in [0.717, 1.165) is 5.69 Å². The Morgan fingerprint density at radius 2 is 2.05 bits per heavy atom. The van der Waals surface area contributed by atoms with Gasteiger partial charge in [0.15, 0.2) is 0 Å². The highest BCUT2D eigenvalue weighted by Gasteiger charge is 2.07. The molecule has 2 rings (SSSR count). The van der Waals surface area contributed by atoms with Gasteiger partial charge in [-0.1, -0.05) is 17.7 Å². The quantitative estimate of drug-likeness (QED) is 0.921. The fourth-order valence-electron chi connectivity index (χ4n) is 2.04. The highest BCUT2D eigenvalue weighted by atomic mass is 35.5. The molecule has 0 fully saturated rings. The lowest BCUT2D eigenvalue weighted by atomic mass is 10.2. The van der Waals surface area contributed by atoms with E-state index in [1.807, 2.05) is 25.1 Å². The van der Waals surface area contributed by atoms with Gasteiger partial charge in [0.2, 0.25) is 5.91 Å². The van der Waals surface area contributed by atoms with Crippen molar-refractivity contribution in [1.29, 1.82) is 0 Å². The first-order valence-electron chi connectivity index (χ1n) is 6.89. The molecule has 1 aromatic heterocycles. The van der Waals surface area contributed by atoms with Crippen molar-refractivity contribution >= 4 is 28.9 Å². The van der Waals surface area contributed by atoms with Crippen molar-refractivity contribution in [3.8, 4) is 0 Å². The fourth-order valence-corrected chi connectivity index (χ4v) is 2.39. The molecule has 0 aliphatic carbocycles. The molecule has 0 saturated carbocycles. The number of nitrogens with one attached hydrogen (secondary N) is 1. The number of anilines is 2. The highest BCUT2D eigenvalue weighted by molar-refractivity contribution is 6.33. The third-order valence-electron chi connectivity index (χ3n) is 3.19. The molecule has 1 amide bonds. The van der Waals surface area contributed by atoms with Crippen LogP contribution in [-0.2, 0) is 11.3 Å². The molecule has 0 radical (unpaired) electrons. The van der Waals surface area contributed by atoms with E-state index in [2.05, 4.69) is 5.32 Å². The summed E-state index contributed by atoms with van der Waals surface area (Å²) in [5.41, 5.74) is 1.41. The molecule has 0 spiro atoms. The molecule has 6 heteroatoms. The Morgan fingerprint density at radius 3 is 2.68 bits per heavy atom. The molecule has 116 valence electrons. The lowest BCUT2D eigenvalue weighted by Crippen LogP contribution is -2.21. The number of carbonyl (C=O) groups excluding carboxylic acids is 1. The van der Waals surface area contributed by atoms with Crippen LogP contribution in [0.15, 0.2) is 47.4 Å². The topological polar surface area (TPSA) is 54.3 Å². The second-order valence-electron chi connectivity index (χ2n) is 5.09. The minimum Gasteiger partial charge on any atom is -0.376 e. The monoisotopic (exact) mass is 319 g/mol. The van der Waals surface area contributed by atoms with Crippen LogP contribution >= 0.6 is 11.6 Å². The first-order chi connectivity index (χ1) is 10.5. The summed E-state index contributed by atoms with van der Waals surface area (Å²) in [6.45, 7) is 0.342. The summed E-state index contributed by atoms with van der Waals surface area (Å²) in [5, 5.41) is 3.35. The SMILES string of the molecule is CN(C)c1ccc(NC(=O)CCn2ccccc2=O)cc1Cl. The van der Waals surface area contributed by atoms with Crippen molar-refractivity contribution in [2.75, 3.05) is 24.3 Å². The molecule has 5 nitrogen and oxygen atoms in total. The molecular formula is C16H18ClN3O2. The van der Waals surface area contributed by atoms with Crippen molar-refractivity contribution in [2.45, 2.75) is 13.0 Å². The molecule has 22 heavy (non-hydrogen) atoms. The number of nitrogens with zero attached hydrogens (tertiary/aromatic N) is 2. The molecular weight excluding hydrogens is 302 g/mol. The summed E-state index contributed by atoms with van der Waals surface area (Å²) in [4.78, 5) is 25.4. The van der Waals surface area contributed by atoms with Gasteiger partial charge in [-0.3, -0.25) is 9.59 Å². The Bertz CT molecular complexity index is 725. The van der Waals surface area contributed by atoms with Gasteiger partial charge in [0, 0.05) is 45.0 Å². The van der Waals surface area contributed by atoms with Gasteiger partial charge in [-0.05, 0) is 24.3 Å². The largest absolute Gasteiger partial charge is 0.376 e. The average molecular weight is 320 g/mol. The third-order valence-corrected chi connectivity index (χ3v) is 3.49. The number of hydrogen-bond donors (Lipinski definition) is 1. The lowest BCUT2D eigenvalue weighted by molar-refractivity contribution is -0.116. The number of benzene rings is 1. The van der Waals surface area contributed by atoms with Gasteiger partial charge in [-0.25, -0.2) is 0 Å². The van der Waals surface area contributed by atoms with Crippen LogP contribution in [0.25, 0.3) is 0 Å². The maximum atomic E-state index is 11.9. The Balaban J connectivity index is 1.96. The van der Waals surface area contributed by atoms with Crippen LogP contribution in [-0.4, -0.2) is 24.6 Å². The van der Waals surface area contributed by atoms with Crippen molar-refractivity contribution in [1.82, 2.24) is 4.57 Å². The second-order valence-corrected chi connectivity index (χ2v) is 5.50. The van der Waals surface area contributed by atoms with Gasteiger partial charge in [-0.2, -0.15) is 0 Å². The average Bonchev–Trinajstić information content (AvgIpc) is 2.46. The van der Waals surface area contributed by atoms with E-state index in [-0.39, 0.29) is 17.9 Å². The van der Waals surface area contributed by atoms with Gasteiger partial charge in [0.1, 0.15) is 0 Å². The van der Waals surface area contributed by atoms with Crippen molar-refractivity contribution < 1.29 is 4.79 Å². The Kier molecular flexibility index (Phi) is 5.22. The van der Waals surface area contributed by atoms with E-state index in [1.165, 1.54) is 10.6 Å². The molecule has 0 aliphatic heterocycles. The fraction of sp³-hybridized carbons (Fsp3) is 0.250. The van der Waals surface area contributed by atoms with Crippen LogP contribution in [0.1, 0.15) is 6.42 Å². The number of hydrogen-bond acceptors (Lipinski definition) is 3. The third kappa shape index (κ3) is 4.11. The van der Waals surface area contributed by atoms with Crippen molar-refractivity contribution in [3.05, 3.63) is 58.0 Å².